The summed E-state index contributed by atoms with van der Waals surface area (Å²) in [5, 5.41) is 8.09. The van der Waals surface area contributed by atoms with Crippen LogP contribution in [-0.4, -0.2) is 91.2 Å². The minimum Gasteiger partial charge on any atom is -0.449 e. The van der Waals surface area contributed by atoms with Gasteiger partial charge in [-0.15, -0.1) is 0 Å². The van der Waals surface area contributed by atoms with Crippen LogP contribution in [0.15, 0.2) is 103 Å². The average molecular weight is 764 g/mol. The summed E-state index contributed by atoms with van der Waals surface area (Å²) in [6, 6.07) is 26.3. The number of hydrogen-bond acceptors (Lipinski definition) is 9. The van der Waals surface area contributed by atoms with Crippen molar-refractivity contribution in [2.24, 2.45) is 0 Å². The number of nitrogens with zero attached hydrogens (tertiary/aromatic N) is 2. The third kappa shape index (κ3) is 10.7. The van der Waals surface area contributed by atoms with Crippen molar-refractivity contribution in [1.82, 2.24) is 25.8 Å². The predicted octanol–water partition coefficient (Wildman–Crippen LogP) is 5.33. The molecule has 0 radical (unpaired) electrons. The first kappa shape index (κ1) is 39.9. The van der Waals surface area contributed by atoms with Gasteiger partial charge in [0.25, 0.3) is 0 Å². The summed E-state index contributed by atoms with van der Waals surface area (Å²) in [5.41, 5.74) is 5.76. The van der Waals surface area contributed by atoms with Gasteiger partial charge < -0.3 is 39.8 Å². The highest BCUT2D eigenvalue weighted by Crippen LogP contribution is 2.44. The highest BCUT2D eigenvalue weighted by atomic mass is 16.7. The van der Waals surface area contributed by atoms with Crippen LogP contribution in [0, 0.1) is 0 Å². The number of rotatable bonds is 19. The largest absolute Gasteiger partial charge is 0.449 e. The van der Waals surface area contributed by atoms with E-state index < -0.39 is 36.5 Å². The maximum absolute atomic E-state index is 14.3. The normalized spacial score (nSPS) is 14.2. The molecule has 2 aliphatic carbocycles. The van der Waals surface area contributed by atoms with Crippen LogP contribution in [0.5, 0.6) is 0 Å². The predicted molar refractivity (Wildman–Crippen MR) is 208 cm³/mol. The second-order valence-electron chi connectivity index (χ2n) is 13.7. The Morgan fingerprint density at radius 1 is 0.750 bits per heavy atom. The van der Waals surface area contributed by atoms with Crippen molar-refractivity contribution in [2.45, 2.75) is 70.1 Å². The van der Waals surface area contributed by atoms with Crippen LogP contribution >= 0.6 is 0 Å². The molecule has 2 unspecified atom stereocenters. The zero-order valence-electron chi connectivity index (χ0n) is 31.7. The van der Waals surface area contributed by atoms with Crippen LogP contribution in [0.1, 0.15) is 54.9 Å². The van der Waals surface area contributed by atoms with E-state index in [1.54, 1.807) is 35.5 Å². The summed E-state index contributed by atoms with van der Waals surface area (Å²) in [6.45, 7) is 4.37. The molecule has 2 atom stereocenters. The Morgan fingerprint density at radius 2 is 1.39 bits per heavy atom. The molecule has 13 nitrogen and oxygen atoms in total. The molecule has 4 aromatic rings. The van der Waals surface area contributed by atoms with Crippen LogP contribution < -0.4 is 16.0 Å². The van der Waals surface area contributed by atoms with Crippen LogP contribution in [0.3, 0.4) is 0 Å². The second-order valence-corrected chi connectivity index (χ2v) is 13.7. The summed E-state index contributed by atoms with van der Waals surface area (Å²) < 4.78 is 22.7. The van der Waals surface area contributed by atoms with Crippen molar-refractivity contribution in [3.8, 4) is 11.1 Å². The third-order valence-electron chi connectivity index (χ3n) is 9.71. The van der Waals surface area contributed by atoms with E-state index in [1.807, 2.05) is 86.6 Å². The number of amides is 4. The Morgan fingerprint density at radius 3 is 2.02 bits per heavy atom. The first-order chi connectivity index (χ1) is 27.3. The maximum Gasteiger partial charge on any atom is 0.408 e. The number of carbonyl (C=O) groups excluding carboxylic acids is 4. The van der Waals surface area contributed by atoms with E-state index in [0.717, 1.165) is 46.2 Å². The molecule has 0 spiro atoms. The minimum atomic E-state index is -1.34. The number of pyridine rings is 1. The van der Waals surface area contributed by atoms with Crippen LogP contribution in [-0.2, 0) is 41.6 Å². The Labute approximate surface area is 327 Å². The van der Waals surface area contributed by atoms with Crippen molar-refractivity contribution >= 4 is 24.0 Å². The molecule has 0 aliphatic heterocycles. The van der Waals surface area contributed by atoms with Gasteiger partial charge in [0.05, 0.1) is 13.1 Å². The molecule has 4 amide bonds. The summed E-state index contributed by atoms with van der Waals surface area (Å²) >= 11 is 0. The SMILES string of the molecule is CCOC(CN(C(=O)C(Cc1cccnc1)NC(=O)C(CNC(=O)OCC1c2ccccc2-c2ccccc21)NC(=O)OCc1ccccc1)C1CC1)OCC. The van der Waals surface area contributed by atoms with E-state index in [4.69, 9.17) is 18.9 Å². The van der Waals surface area contributed by atoms with Gasteiger partial charge in [0.1, 0.15) is 25.3 Å². The highest BCUT2D eigenvalue weighted by molar-refractivity contribution is 5.92. The van der Waals surface area contributed by atoms with E-state index in [2.05, 4.69) is 20.9 Å². The molecular formula is C43H49N5O8. The molecule has 6 rings (SSSR count). The van der Waals surface area contributed by atoms with Gasteiger partial charge in [0, 0.05) is 44.0 Å². The van der Waals surface area contributed by atoms with E-state index in [1.165, 1.54) is 0 Å². The first-order valence-electron chi connectivity index (χ1n) is 19.1. The fourth-order valence-electron chi connectivity index (χ4n) is 6.87. The fraction of sp³-hybridized carbons (Fsp3) is 0.372. The summed E-state index contributed by atoms with van der Waals surface area (Å²) in [4.78, 5) is 60.7. The molecule has 3 aromatic carbocycles. The van der Waals surface area contributed by atoms with E-state index in [0.29, 0.717) is 13.2 Å². The number of nitrogens with one attached hydrogen (secondary N) is 3. The number of carbonyl (C=O) groups is 4. The van der Waals surface area contributed by atoms with Gasteiger partial charge in [-0.05, 0) is 66.1 Å². The standard InChI is InChI=1S/C43H49N5O8/c1-3-53-39(54-4-2)26-48(31-20-21-31)41(50)37(23-30-15-12-22-44-24-30)46-40(49)38(47-43(52)55-27-29-13-6-5-7-14-29)25-45-42(51)56-28-36-34-18-10-8-16-32(34)33-17-9-11-19-35(33)36/h5-19,22,24,31,36-39H,3-4,20-21,23,25-28H2,1-2H3,(H,45,51)(H,46,49)(H,47,52). The molecule has 0 bridgehead atoms. The topological polar surface area (TPSA) is 157 Å². The number of hydrogen-bond donors (Lipinski definition) is 3. The van der Waals surface area contributed by atoms with Crippen molar-refractivity contribution in [3.05, 3.63) is 126 Å². The zero-order valence-corrected chi connectivity index (χ0v) is 31.7. The molecule has 1 heterocycles. The van der Waals surface area contributed by atoms with Crippen molar-refractivity contribution in [1.29, 1.82) is 0 Å². The summed E-state index contributed by atoms with van der Waals surface area (Å²) in [6.07, 6.45) is 2.71. The van der Waals surface area contributed by atoms with Crippen molar-refractivity contribution < 1.29 is 38.1 Å². The fourth-order valence-corrected chi connectivity index (χ4v) is 6.87. The molecule has 13 heteroatoms. The lowest BCUT2D eigenvalue weighted by Crippen LogP contribution is -2.58. The van der Waals surface area contributed by atoms with E-state index >= 15 is 0 Å². The Kier molecular flexibility index (Phi) is 14.0. The van der Waals surface area contributed by atoms with Gasteiger partial charge in [-0.2, -0.15) is 0 Å². The average Bonchev–Trinajstić information content (AvgIpc) is 4.02. The molecule has 56 heavy (non-hydrogen) atoms. The quantitative estimate of drug-likeness (QED) is 0.107. The molecular weight excluding hydrogens is 715 g/mol. The number of aromatic nitrogens is 1. The lowest BCUT2D eigenvalue weighted by atomic mass is 9.98. The van der Waals surface area contributed by atoms with Crippen molar-refractivity contribution in [2.75, 3.05) is 32.9 Å². The monoisotopic (exact) mass is 763 g/mol. The number of alkyl carbamates (subject to hydrolysis) is 2. The van der Waals surface area contributed by atoms with Gasteiger partial charge in [-0.1, -0.05) is 84.9 Å². The van der Waals surface area contributed by atoms with Crippen LogP contribution in [0.25, 0.3) is 11.1 Å². The Balaban J connectivity index is 1.16. The summed E-state index contributed by atoms with van der Waals surface area (Å²) in [5.74, 6) is -1.20. The lowest BCUT2D eigenvalue weighted by molar-refractivity contribution is -0.161. The first-order valence-corrected chi connectivity index (χ1v) is 19.1. The molecule has 1 fully saturated rings. The number of benzene rings is 3. The molecule has 2 aliphatic rings. The Hall–Kier alpha value is -5.79. The maximum atomic E-state index is 14.3. The third-order valence-corrected chi connectivity index (χ3v) is 9.71. The highest BCUT2D eigenvalue weighted by Gasteiger charge is 2.39. The van der Waals surface area contributed by atoms with Crippen LogP contribution in [0.2, 0.25) is 0 Å². The summed E-state index contributed by atoms with van der Waals surface area (Å²) in [7, 11) is 0. The molecule has 1 aromatic heterocycles. The van der Waals surface area contributed by atoms with E-state index in [-0.39, 0.29) is 50.6 Å². The molecule has 1 saturated carbocycles. The number of ether oxygens (including phenoxy) is 4. The van der Waals surface area contributed by atoms with Crippen molar-refractivity contribution in [3.63, 3.8) is 0 Å². The molecule has 294 valence electrons. The van der Waals surface area contributed by atoms with Gasteiger partial charge in [-0.25, -0.2) is 9.59 Å². The second kappa shape index (κ2) is 19.7. The van der Waals surface area contributed by atoms with Gasteiger partial charge >= 0.3 is 12.2 Å². The van der Waals surface area contributed by atoms with Crippen LogP contribution in [0.4, 0.5) is 9.59 Å². The minimum absolute atomic E-state index is 0.0312. The zero-order chi connectivity index (χ0) is 39.3. The lowest BCUT2D eigenvalue weighted by Gasteiger charge is -2.31. The molecule has 0 saturated heterocycles. The van der Waals surface area contributed by atoms with E-state index in [9.17, 15) is 19.2 Å². The van der Waals surface area contributed by atoms with Gasteiger partial charge in [0.15, 0.2) is 6.29 Å². The van der Waals surface area contributed by atoms with Gasteiger partial charge in [0.2, 0.25) is 11.8 Å². The smallest absolute Gasteiger partial charge is 0.408 e. The number of fused-ring (bicyclic) bond motifs is 3. The Bertz CT molecular complexity index is 1870. The van der Waals surface area contributed by atoms with Gasteiger partial charge in [-0.3, -0.25) is 14.6 Å². The molecule has 3 N–H and O–H groups in total.